The van der Waals surface area contributed by atoms with Crippen LogP contribution >= 0.6 is 0 Å². The molecular weight excluding hydrogens is 322 g/mol. The standard InChI is InChI=1S/C22H27N3O/c1-7-16(4)24-22(26)20(13-23)12-19-11-17(5)25(18(19)6)21-14(2)9-8-10-15(21)3/h8-12,16H,7H2,1-6H3,(H,24,26)/b20-12+/t16-/m0/s1. The van der Waals surface area contributed by atoms with Crippen LogP contribution in [-0.2, 0) is 4.79 Å². The lowest BCUT2D eigenvalue weighted by Crippen LogP contribution is -2.32. The maximum absolute atomic E-state index is 12.3. The second-order valence-electron chi connectivity index (χ2n) is 6.85. The molecule has 1 aromatic heterocycles. The van der Waals surface area contributed by atoms with E-state index in [1.165, 1.54) is 11.1 Å². The lowest BCUT2D eigenvalue weighted by molar-refractivity contribution is -0.117. The monoisotopic (exact) mass is 349 g/mol. The second-order valence-corrected chi connectivity index (χ2v) is 6.85. The summed E-state index contributed by atoms with van der Waals surface area (Å²) in [6.07, 6.45) is 2.51. The normalized spacial score (nSPS) is 12.6. The quantitative estimate of drug-likeness (QED) is 0.637. The molecule has 0 saturated carbocycles. The number of nitriles is 1. The molecular formula is C22H27N3O. The number of carbonyl (C=O) groups excluding carboxylic acids is 1. The Morgan fingerprint density at radius 3 is 2.42 bits per heavy atom. The molecule has 0 aliphatic carbocycles. The van der Waals surface area contributed by atoms with Gasteiger partial charge in [0.05, 0.1) is 5.69 Å². The summed E-state index contributed by atoms with van der Waals surface area (Å²) in [5.41, 5.74) is 6.65. The number of hydrogen-bond acceptors (Lipinski definition) is 2. The van der Waals surface area contributed by atoms with Crippen LogP contribution in [0.1, 0.15) is 48.3 Å². The highest BCUT2D eigenvalue weighted by Crippen LogP contribution is 2.27. The van der Waals surface area contributed by atoms with Crippen molar-refractivity contribution in [3.8, 4) is 11.8 Å². The first kappa shape index (κ1) is 19.5. The summed E-state index contributed by atoms with van der Waals surface area (Å²) in [6.45, 7) is 12.2. The molecule has 0 saturated heterocycles. The minimum Gasteiger partial charge on any atom is -0.349 e. The van der Waals surface area contributed by atoms with Gasteiger partial charge in [0.2, 0.25) is 0 Å². The van der Waals surface area contributed by atoms with E-state index in [1.54, 1.807) is 6.08 Å². The van der Waals surface area contributed by atoms with E-state index in [0.717, 1.165) is 29.1 Å². The highest BCUT2D eigenvalue weighted by molar-refractivity contribution is 6.02. The molecule has 4 nitrogen and oxygen atoms in total. The van der Waals surface area contributed by atoms with Crippen LogP contribution in [0.4, 0.5) is 0 Å². The van der Waals surface area contributed by atoms with E-state index in [-0.39, 0.29) is 17.5 Å². The fourth-order valence-electron chi connectivity index (χ4n) is 3.14. The van der Waals surface area contributed by atoms with Gasteiger partial charge in [-0.15, -0.1) is 0 Å². The number of benzene rings is 1. The van der Waals surface area contributed by atoms with Gasteiger partial charge in [0.1, 0.15) is 11.6 Å². The average molecular weight is 349 g/mol. The Balaban J connectivity index is 2.50. The van der Waals surface area contributed by atoms with E-state index in [9.17, 15) is 10.1 Å². The Morgan fingerprint density at radius 1 is 1.27 bits per heavy atom. The molecule has 0 spiro atoms. The predicted octanol–water partition coefficient (Wildman–Crippen LogP) is 4.53. The molecule has 1 aromatic carbocycles. The molecule has 1 amide bonds. The van der Waals surface area contributed by atoms with Crippen LogP contribution in [0.25, 0.3) is 11.8 Å². The third kappa shape index (κ3) is 3.88. The topological polar surface area (TPSA) is 57.8 Å². The van der Waals surface area contributed by atoms with Crippen molar-refractivity contribution < 1.29 is 4.79 Å². The maximum atomic E-state index is 12.3. The van der Waals surface area contributed by atoms with E-state index < -0.39 is 0 Å². The number of aromatic nitrogens is 1. The van der Waals surface area contributed by atoms with Crippen LogP contribution < -0.4 is 5.32 Å². The van der Waals surface area contributed by atoms with Crippen LogP contribution in [0.3, 0.4) is 0 Å². The number of para-hydroxylation sites is 1. The Labute approximate surface area is 156 Å². The van der Waals surface area contributed by atoms with Crippen LogP contribution in [0.5, 0.6) is 0 Å². The Morgan fingerprint density at radius 2 is 1.88 bits per heavy atom. The van der Waals surface area contributed by atoms with Gasteiger partial charge in [-0.05, 0) is 69.9 Å². The van der Waals surface area contributed by atoms with E-state index in [1.807, 2.05) is 39.8 Å². The van der Waals surface area contributed by atoms with Crippen LogP contribution in [0.2, 0.25) is 0 Å². The third-order valence-corrected chi connectivity index (χ3v) is 4.79. The van der Waals surface area contributed by atoms with Gasteiger partial charge in [-0.3, -0.25) is 4.79 Å². The van der Waals surface area contributed by atoms with E-state index in [2.05, 4.69) is 41.9 Å². The van der Waals surface area contributed by atoms with Crippen molar-refractivity contribution in [3.05, 3.63) is 57.9 Å². The summed E-state index contributed by atoms with van der Waals surface area (Å²) in [4.78, 5) is 12.3. The molecule has 0 bridgehead atoms. The number of aryl methyl sites for hydroxylation is 3. The van der Waals surface area contributed by atoms with Crippen molar-refractivity contribution >= 4 is 12.0 Å². The lowest BCUT2D eigenvalue weighted by Gasteiger charge is -2.15. The summed E-state index contributed by atoms with van der Waals surface area (Å²) in [6, 6.07) is 10.3. The molecule has 2 aromatic rings. The summed E-state index contributed by atoms with van der Waals surface area (Å²) >= 11 is 0. The zero-order chi connectivity index (χ0) is 19.4. The molecule has 0 unspecified atom stereocenters. The van der Waals surface area contributed by atoms with Gasteiger partial charge in [-0.1, -0.05) is 25.1 Å². The zero-order valence-electron chi connectivity index (χ0n) is 16.5. The number of nitrogens with zero attached hydrogens (tertiary/aromatic N) is 2. The summed E-state index contributed by atoms with van der Waals surface area (Å²) in [5, 5.41) is 12.3. The molecule has 1 heterocycles. The number of hydrogen-bond donors (Lipinski definition) is 1. The molecule has 4 heteroatoms. The lowest BCUT2D eigenvalue weighted by atomic mass is 10.1. The van der Waals surface area contributed by atoms with Crippen molar-refractivity contribution in [1.82, 2.24) is 9.88 Å². The molecule has 0 radical (unpaired) electrons. The molecule has 1 atom stereocenters. The minimum atomic E-state index is -0.321. The number of carbonyl (C=O) groups is 1. The SMILES string of the molecule is CC[C@H](C)NC(=O)/C(C#N)=C/c1cc(C)n(-c2c(C)cccc2C)c1C. The average Bonchev–Trinajstić information content (AvgIpc) is 2.86. The number of nitrogens with one attached hydrogen (secondary N) is 1. The molecule has 26 heavy (non-hydrogen) atoms. The predicted molar refractivity (Wildman–Crippen MR) is 106 cm³/mol. The van der Waals surface area contributed by atoms with Crippen molar-refractivity contribution in [2.45, 2.75) is 54.0 Å². The van der Waals surface area contributed by atoms with Gasteiger partial charge in [0, 0.05) is 17.4 Å². The third-order valence-electron chi connectivity index (χ3n) is 4.79. The van der Waals surface area contributed by atoms with Crippen molar-refractivity contribution in [3.63, 3.8) is 0 Å². The highest BCUT2D eigenvalue weighted by Gasteiger charge is 2.16. The minimum absolute atomic E-state index is 0.0429. The van der Waals surface area contributed by atoms with E-state index in [4.69, 9.17) is 0 Å². The highest BCUT2D eigenvalue weighted by atomic mass is 16.1. The van der Waals surface area contributed by atoms with E-state index >= 15 is 0 Å². The second kappa shape index (κ2) is 8.05. The fraction of sp³-hybridized carbons (Fsp3) is 0.364. The van der Waals surface area contributed by atoms with Crippen LogP contribution in [0.15, 0.2) is 29.8 Å². The summed E-state index contributed by atoms with van der Waals surface area (Å²) in [5.74, 6) is -0.321. The number of amides is 1. The van der Waals surface area contributed by atoms with E-state index in [0.29, 0.717) is 0 Å². The summed E-state index contributed by atoms with van der Waals surface area (Å²) < 4.78 is 2.19. The first-order valence-corrected chi connectivity index (χ1v) is 8.98. The molecule has 0 aliphatic rings. The van der Waals surface area contributed by atoms with Gasteiger partial charge in [0.25, 0.3) is 5.91 Å². The largest absolute Gasteiger partial charge is 0.349 e. The van der Waals surface area contributed by atoms with Gasteiger partial charge in [-0.25, -0.2) is 0 Å². The van der Waals surface area contributed by atoms with Gasteiger partial charge < -0.3 is 9.88 Å². The zero-order valence-corrected chi connectivity index (χ0v) is 16.5. The Hall–Kier alpha value is -2.80. The fourth-order valence-corrected chi connectivity index (χ4v) is 3.14. The van der Waals surface area contributed by atoms with Crippen molar-refractivity contribution in [2.24, 2.45) is 0 Å². The maximum Gasteiger partial charge on any atom is 0.262 e. The molecule has 136 valence electrons. The molecule has 0 fully saturated rings. The van der Waals surface area contributed by atoms with Gasteiger partial charge >= 0.3 is 0 Å². The first-order chi connectivity index (χ1) is 12.3. The number of rotatable bonds is 5. The summed E-state index contributed by atoms with van der Waals surface area (Å²) in [7, 11) is 0. The molecule has 2 rings (SSSR count). The van der Waals surface area contributed by atoms with Crippen LogP contribution in [-0.4, -0.2) is 16.5 Å². The van der Waals surface area contributed by atoms with Gasteiger partial charge in [-0.2, -0.15) is 5.26 Å². The first-order valence-electron chi connectivity index (χ1n) is 8.98. The molecule has 1 N–H and O–H groups in total. The van der Waals surface area contributed by atoms with Crippen molar-refractivity contribution in [1.29, 1.82) is 5.26 Å². The molecule has 0 aliphatic heterocycles. The van der Waals surface area contributed by atoms with Crippen LogP contribution in [0, 0.1) is 39.0 Å². The van der Waals surface area contributed by atoms with Gasteiger partial charge in [0.15, 0.2) is 0 Å². The Bertz CT molecular complexity index is 877. The smallest absolute Gasteiger partial charge is 0.262 e. The Kier molecular flexibility index (Phi) is 6.05. The van der Waals surface area contributed by atoms with Crippen molar-refractivity contribution in [2.75, 3.05) is 0 Å².